The van der Waals surface area contributed by atoms with Crippen LogP contribution in [-0.2, 0) is 16.1 Å². The number of fused-ring (bicyclic) bond motifs is 1. The Morgan fingerprint density at radius 2 is 2.12 bits per heavy atom. The maximum Gasteiger partial charge on any atom is 0.253 e. The van der Waals surface area contributed by atoms with Crippen LogP contribution in [-0.4, -0.2) is 44.7 Å². The number of nitrogens with zero attached hydrogens (tertiary/aromatic N) is 2. The molecule has 1 heterocycles. The molecule has 1 aromatic rings. The highest BCUT2D eigenvalue weighted by Gasteiger charge is 2.22. The zero-order chi connectivity index (χ0) is 12.3. The molecule has 2 rings (SSSR count). The number of hydrogen-bond donors (Lipinski definition) is 0. The maximum absolute atomic E-state index is 12.0. The van der Waals surface area contributed by atoms with E-state index in [1.165, 1.54) is 5.56 Å². The van der Waals surface area contributed by atoms with Gasteiger partial charge in [0.25, 0.3) is 5.91 Å². The molecule has 92 valence electrons. The molecule has 0 spiro atoms. The smallest absolute Gasteiger partial charge is 0.253 e. The van der Waals surface area contributed by atoms with E-state index in [-0.39, 0.29) is 12.5 Å². The molecule has 0 fully saturated rings. The van der Waals surface area contributed by atoms with Crippen molar-refractivity contribution in [2.24, 2.45) is 0 Å². The predicted octanol–water partition coefficient (Wildman–Crippen LogP) is 1.11. The van der Waals surface area contributed by atoms with E-state index < -0.39 is 0 Å². The average Bonchev–Trinajstić information content (AvgIpc) is 2.47. The molecule has 0 saturated heterocycles. The largest absolute Gasteiger partial charge is 0.375 e. The van der Waals surface area contributed by atoms with E-state index in [0.717, 1.165) is 25.3 Å². The van der Waals surface area contributed by atoms with Gasteiger partial charge in [-0.05, 0) is 18.7 Å². The first-order chi connectivity index (χ1) is 8.22. The Hall–Kier alpha value is -1.39. The van der Waals surface area contributed by atoms with Gasteiger partial charge in [-0.25, -0.2) is 0 Å². The van der Waals surface area contributed by atoms with Gasteiger partial charge in [0.1, 0.15) is 6.61 Å². The van der Waals surface area contributed by atoms with E-state index in [1.807, 2.05) is 23.1 Å². The lowest BCUT2D eigenvalue weighted by Crippen LogP contribution is -2.37. The molecular formula is C13H18N2O2. The molecule has 1 aliphatic heterocycles. The molecule has 0 unspecified atom stereocenters. The van der Waals surface area contributed by atoms with Crippen molar-refractivity contribution < 1.29 is 9.53 Å². The minimum atomic E-state index is 0.0234. The van der Waals surface area contributed by atoms with Crippen LogP contribution in [0, 0.1) is 0 Å². The minimum Gasteiger partial charge on any atom is -0.375 e. The van der Waals surface area contributed by atoms with E-state index in [2.05, 4.69) is 18.0 Å². The van der Waals surface area contributed by atoms with E-state index in [4.69, 9.17) is 4.74 Å². The molecular weight excluding hydrogens is 216 g/mol. The molecule has 0 saturated carbocycles. The van der Waals surface area contributed by atoms with Gasteiger partial charge in [-0.1, -0.05) is 18.2 Å². The Morgan fingerprint density at radius 3 is 2.88 bits per heavy atom. The van der Waals surface area contributed by atoms with Gasteiger partial charge < -0.3 is 14.5 Å². The van der Waals surface area contributed by atoms with Crippen LogP contribution in [0.15, 0.2) is 24.3 Å². The molecule has 1 aromatic carbocycles. The summed E-state index contributed by atoms with van der Waals surface area (Å²) in [5.41, 5.74) is 2.20. The lowest BCUT2D eigenvalue weighted by atomic mass is 10.1. The molecule has 0 aromatic heterocycles. The Balaban J connectivity index is 2.31. The van der Waals surface area contributed by atoms with Crippen molar-refractivity contribution in [2.45, 2.75) is 6.54 Å². The van der Waals surface area contributed by atoms with Crippen LogP contribution >= 0.6 is 0 Å². The van der Waals surface area contributed by atoms with Crippen LogP contribution in [0.4, 0.5) is 5.69 Å². The van der Waals surface area contributed by atoms with Crippen LogP contribution < -0.4 is 4.90 Å². The number of carbonyl (C=O) groups is 1. The number of benzene rings is 1. The molecule has 1 amide bonds. The van der Waals surface area contributed by atoms with Crippen molar-refractivity contribution >= 4 is 11.6 Å². The fourth-order valence-corrected chi connectivity index (χ4v) is 2.13. The highest BCUT2D eigenvalue weighted by Crippen LogP contribution is 2.24. The van der Waals surface area contributed by atoms with E-state index >= 15 is 0 Å². The third kappa shape index (κ3) is 2.65. The number of hydrogen-bond acceptors (Lipinski definition) is 3. The van der Waals surface area contributed by atoms with Gasteiger partial charge in [-0.2, -0.15) is 0 Å². The number of anilines is 1. The number of ether oxygens (including phenoxy) is 1. The minimum absolute atomic E-state index is 0.0234. The standard InChI is InChI=1S/C13H18N2O2/c1-14-7-8-15(13(16)10-17-2)12-6-4-3-5-11(12)9-14/h3-6H,7-10H2,1-2H3. The fourth-order valence-electron chi connectivity index (χ4n) is 2.13. The van der Waals surface area contributed by atoms with E-state index in [0.29, 0.717) is 0 Å². The quantitative estimate of drug-likeness (QED) is 0.768. The van der Waals surface area contributed by atoms with Crippen LogP contribution in [0.25, 0.3) is 0 Å². The number of amides is 1. The summed E-state index contributed by atoms with van der Waals surface area (Å²) in [6.07, 6.45) is 0. The molecule has 1 aliphatic rings. The Bertz CT molecular complexity index is 406. The third-order valence-corrected chi connectivity index (χ3v) is 3.00. The Labute approximate surface area is 102 Å². The summed E-state index contributed by atoms with van der Waals surface area (Å²) in [6, 6.07) is 8.06. The molecule has 0 atom stereocenters. The molecule has 0 aliphatic carbocycles. The lowest BCUT2D eigenvalue weighted by molar-refractivity contribution is -0.122. The van der Waals surface area contributed by atoms with Gasteiger partial charge in [0.15, 0.2) is 0 Å². The average molecular weight is 234 g/mol. The Morgan fingerprint density at radius 1 is 1.35 bits per heavy atom. The van der Waals surface area contributed by atoms with Crippen molar-refractivity contribution in [3.63, 3.8) is 0 Å². The van der Waals surface area contributed by atoms with Crippen LogP contribution in [0.2, 0.25) is 0 Å². The first kappa shape index (κ1) is 12.1. The van der Waals surface area contributed by atoms with Crippen LogP contribution in [0.1, 0.15) is 5.56 Å². The zero-order valence-corrected chi connectivity index (χ0v) is 10.3. The van der Waals surface area contributed by atoms with Crippen molar-refractivity contribution in [1.29, 1.82) is 0 Å². The SMILES string of the molecule is COCC(=O)N1CCN(C)Cc2ccccc21. The summed E-state index contributed by atoms with van der Waals surface area (Å²) in [7, 11) is 3.62. The van der Waals surface area contributed by atoms with E-state index in [9.17, 15) is 4.79 Å². The molecule has 0 bridgehead atoms. The zero-order valence-electron chi connectivity index (χ0n) is 10.3. The molecule has 0 N–H and O–H groups in total. The monoisotopic (exact) mass is 234 g/mol. The number of carbonyl (C=O) groups excluding carboxylic acids is 1. The predicted molar refractivity (Wildman–Crippen MR) is 67.0 cm³/mol. The fraction of sp³-hybridized carbons (Fsp3) is 0.462. The summed E-state index contributed by atoms with van der Waals surface area (Å²) in [6.45, 7) is 2.62. The maximum atomic E-state index is 12.0. The number of rotatable bonds is 2. The summed E-state index contributed by atoms with van der Waals surface area (Å²) < 4.78 is 4.93. The topological polar surface area (TPSA) is 32.8 Å². The number of methoxy groups -OCH3 is 1. The highest BCUT2D eigenvalue weighted by atomic mass is 16.5. The third-order valence-electron chi connectivity index (χ3n) is 3.00. The van der Waals surface area contributed by atoms with Crippen molar-refractivity contribution in [2.75, 3.05) is 38.8 Å². The van der Waals surface area contributed by atoms with Crippen molar-refractivity contribution in [3.05, 3.63) is 29.8 Å². The van der Waals surface area contributed by atoms with Crippen molar-refractivity contribution in [1.82, 2.24) is 4.90 Å². The van der Waals surface area contributed by atoms with Gasteiger partial charge in [0.05, 0.1) is 0 Å². The molecule has 4 nitrogen and oxygen atoms in total. The van der Waals surface area contributed by atoms with Crippen LogP contribution in [0.5, 0.6) is 0 Å². The van der Waals surface area contributed by atoms with Gasteiger partial charge in [0, 0.05) is 32.4 Å². The van der Waals surface area contributed by atoms with E-state index in [1.54, 1.807) is 7.11 Å². The second kappa shape index (κ2) is 5.29. The molecule has 4 heteroatoms. The van der Waals surface area contributed by atoms with Gasteiger partial charge >= 0.3 is 0 Å². The first-order valence-electron chi connectivity index (χ1n) is 5.78. The van der Waals surface area contributed by atoms with Crippen LogP contribution in [0.3, 0.4) is 0 Å². The molecule has 0 radical (unpaired) electrons. The summed E-state index contributed by atoms with van der Waals surface area (Å²) in [5.74, 6) is 0.0234. The summed E-state index contributed by atoms with van der Waals surface area (Å²) >= 11 is 0. The number of para-hydroxylation sites is 1. The van der Waals surface area contributed by atoms with Gasteiger partial charge in [-0.3, -0.25) is 4.79 Å². The second-order valence-corrected chi connectivity index (χ2v) is 4.34. The number of likely N-dealkylation sites (N-methyl/N-ethyl adjacent to an activating group) is 1. The normalized spacial score (nSPS) is 16.5. The summed E-state index contributed by atoms with van der Waals surface area (Å²) in [5, 5.41) is 0. The summed E-state index contributed by atoms with van der Waals surface area (Å²) in [4.78, 5) is 16.0. The van der Waals surface area contributed by atoms with Crippen molar-refractivity contribution in [3.8, 4) is 0 Å². The second-order valence-electron chi connectivity index (χ2n) is 4.34. The van der Waals surface area contributed by atoms with Gasteiger partial charge in [0.2, 0.25) is 0 Å². The first-order valence-corrected chi connectivity index (χ1v) is 5.78. The molecule has 17 heavy (non-hydrogen) atoms. The van der Waals surface area contributed by atoms with Gasteiger partial charge in [-0.15, -0.1) is 0 Å². The highest BCUT2D eigenvalue weighted by molar-refractivity contribution is 5.95. The lowest BCUT2D eigenvalue weighted by Gasteiger charge is -2.22. The Kier molecular flexibility index (Phi) is 3.76.